The number of para-hydroxylation sites is 1. The van der Waals surface area contributed by atoms with E-state index in [4.69, 9.17) is 17.0 Å². The van der Waals surface area contributed by atoms with Crippen molar-refractivity contribution in [1.29, 1.82) is 21.2 Å². The number of anilines is 1. The Hall–Kier alpha value is -3.85. The molecule has 0 bridgehead atoms. The fourth-order valence-corrected chi connectivity index (χ4v) is 3.08. The smallest absolute Gasteiger partial charge is 0.149 e. The Kier molecular flexibility index (Phi) is 5.04. The molecule has 0 saturated carbocycles. The number of hydrogen-bond acceptors (Lipinski definition) is 4. The van der Waals surface area contributed by atoms with Crippen molar-refractivity contribution in [1.82, 2.24) is 0 Å². The zero-order valence-corrected chi connectivity index (χ0v) is 14.8. The van der Waals surface area contributed by atoms with Crippen molar-refractivity contribution in [3.63, 3.8) is 0 Å². The SMILES string of the molecule is N#CC(C#N)=C1CC(c2ccc(Cl)cc2)=C(C#N)C(=N)N1c1ccccc1. The summed E-state index contributed by atoms with van der Waals surface area (Å²) in [5.41, 5.74) is 2.40. The Labute approximate surface area is 161 Å². The van der Waals surface area contributed by atoms with Gasteiger partial charge in [-0.25, -0.2) is 0 Å². The lowest BCUT2D eigenvalue weighted by Crippen LogP contribution is -2.35. The van der Waals surface area contributed by atoms with Crippen LogP contribution < -0.4 is 4.90 Å². The number of benzene rings is 2. The van der Waals surface area contributed by atoms with Gasteiger partial charge in [-0.3, -0.25) is 10.3 Å². The molecule has 1 heterocycles. The molecule has 1 aliphatic heterocycles. The first-order valence-electron chi connectivity index (χ1n) is 7.97. The van der Waals surface area contributed by atoms with Crippen molar-refractivity contribution in [2.75, 3.05) is 4.90 Å². The lowest BCUT2D eigenvalue weighted by Gasteiger charge is -2.33. The van der Waals surface area contributed by atoms with Crippen LogP contribution in [0.4, 0.5) is 5.69 Å². The second-order valence-corrected chi connectivity index (χ2v) is 6.15. The Morgan fingerprint density at radius 1 is 0.963 bits per heavy atom. The van der Waals surface area contributed by atoms with Crippen LogP contribution in [0.3, 0.4) is 0 Å². The molecular weight excluding hydrogens is 358 g/mol. The maximum atomic E-state index is 9.70. The minimum Gasteiger partial charge on any atom is -0.296 e. The van der Waals surface area contributed by atoms with Crippen molar-refractivity contribution in [2.24, 2.45) is 0 Å². The zero-order chi connectivity index (χ0) is 19.4. The zero-order valence-electron chi connectivity index (χ0n) is 14.1. The van der Waals surface area contributed by atoms with Gasteiger partial charge in [0, 0.05) is 17.1 Å². The molecule has 128 valence electrons. The molecule has 0 saturated heterocycles. The molecule has 27 heavy (non-hydrogen) atoms. The monoisotopic (exact) mass is 369 g/mol. The Bertz CT molecular complexity index is 1070. The van der Waals surface area contributed by atoms with Gasteiger partial charge in [0.25, 0.3) is 0 Å². The molecule has 0 radical (unpaired) electrons. The number of nitrogens with one attached hydrogen (secondary N) is 1. The second kappa shape index (κ2) is 7.58. The average molecular weight is 370 g/mol. The van der Waals surface area contributed by atoms with E-state index >= 15 is 0 Å². The van der Waals surface area contributed by atoms with E-state index in [1.807, 2.05) is 18.2 Å². The highest BCUT2D eigenvalue weighted by Crippen LogP contribution is 2.38. The third kappa shape index (κ3) is 3.31. The van der Waals surface area contributed by atoms with Crippen LogP contribution >= 0.6 is 11.6 Å². The molecule has 2 aromatic rings. The van der Waals surface area contributed by atoms with Crippen LogP contribution in [-0.2, 0) is 0 Å². The first kappa shape index (κ1) is 18.0. The minimum atomic E-state index is -0.0907. The van der Waals surface area contributed by atoms with Crippen molar-refractivity contribution in [2.45, 2.75) is 6.42 Å². The molecule has 0 fully saturated rings. The molecular formula is C21H12ClN5. The van der Waals surface area contributed by atoms with Crippen LogP contribution in [0.25, 0.3) is 5.57 Å². The Morgan fingerprint density at radius 3 is 2.15 bits per heavy atom. The van der Waals surface area contributed by atoms with Crippen LogP contribution in [0.15, 0.2) is 71.4 Å². The summed E-state index contributed by atoms with van der Waals surface area (Å²) in [6.07, 6.45) is 0.179. The van der Waals surface area contributed by atoms with Gasteiger partial charge in [0.15, 0.2) is 0 Å². The molecule has 5 nitrogen and oxygen atoms in total. The molecule has 0 spiro atoms. The van der Waals surface area contributed by atoms with Gasteiger partial charge in [0.2, 0.25) is 0 Å². The van der Waals surface area contributed by atoms with E-state index < -0.39 is 0 Å². The molecule has 1 N–H and O–H groups in total. The van der Waals surface area contributed by atoms with Gasteiger partial charge in [-0.15, -0.1) is 0 Å². The predicted molar refractivity (Wildman–Crippen MR) is 104 cm³/mol. The summed E-state index contributed by atoms with van der Waals surface area (Å²) in [6.45, 7) is 0. The highest BCUT2D eigenvalue weighted by atomic mass is 35.5. The topological polar surface area (TPSA) is 98.5 Å². The van der Waals surface area contributed by atoms with Crippen LogP contribution in [0, 0.1) is 39.4 Å². The Balaban J connectivity index is 2.27. The quantitative estimate of drug-likeness (QED) is 0.768. The van der Waals surface area contributed by atoms with E-state index in [2.05, 4.69) is 6.07 Å². The highest BCUT2D eigenvalue weighted by molar-refractivity contribution is 6.30. The summed E-state index contributed by atoms with van der Waals surface area (Å²) in [5.74, 6) is -0.0714. The maximum absolute atomic E-state index is 9.70. The second-order valence-electron chi connectivity index (χ2n) is 5.71. The molecule has 3 rings (SSSR count). The summed E-state index contributed by atoms with van der Waals surface area (Å²) < 4.78 is 0. The molecule has 0 amide bonds. The van der Waals surface area contributed by atoms with E-state index in [1.165, 1.54) is 4.90 Å². The van der Waals surface area contributed by atoms with Crippen LogP contribution in [0.2, 0.25) is 5.02 Å². The molecule has 2 aromatic carbocycles. The summed E-state index contributed by atoms with van der Waals surface area (Å²) in [7, 11) is 0. The van der Waals surface area contributed by atoms with E-state index in [9.17, 15) is 15.8 Å². The van der Waals surface area contributed by atoms with E-state index in [0.29, 0.717) is 22.0 Å². The van der Waals surface area contributed by atoms with Crippen LogP contribution in [0.5, 0.6) is 0 Å². The summed E-state index contributed by atoms with van der Waals surface area (Å²) in [4.78, 5) is 1.49. The third-order valence-electron chi connectivity index (χ3n) is 4.21. The standard InChI is InChI=1S/C21H12ClN5/c22-16-8-6-14(7-9-16)18-10-20(15(11-23)12-24)27(21(26)19(18)13-25)17-4-2-1-3-5-17/h1-9,26H,10H2. The first-order chi connectivity index (χ1) is 13.1. The van der Waals surface area contributed by atoms with Crippen LogP contribution in [-0.4, -0.2) is 5.84 Å². The summed E-state index contributed by atoms with van der Waals surface area (Å²) in [5, 5.41) is 37.7. The number of nitrogens with zero attached hydrogens (tertiary/aromatic N) is 4. The molecule has 1 aliphatic rings. The lowest BCUT2D eigenvalue weighted by molar-refractivity contribution is 1.06. The average Bonchev–Trinajstić information content (AvgIpc) is 2.70. The highest BCUT2D eigenvalue weighted by Gasteiger charge is 2.32. The molecule has 0 aromatic heterocycles. The normalized spacial score (nSPS) is 13.6. The summed E-state index contributed by atoms with van der Waals surface area (Å²) >= 11 is 5.95. The van der Waals surface area contributed by atoms with Crippen molar-refractivity contribution in [3.05, 3.63) is 82.0 Å². The van der Waals surface area contributed by atoms with Gasteiger partial charge in [0.1, 0.15) is 29.6 Å². The first-order valence-corrected chi connectivity index (χ1v) is 8.35. The number of allylic oxidation sites excluding steroid dienone is 2. The van der Waals surface area contributed by atoms with E-state index in [0.717, 1.165) is 5.56 Å². The molecule has 6 heteroatoms. The van der Waals surface area contributed by atoms with Gasteiger partial charge in [-0.1, -0.05) is 41.9 Å². The van der Waals surface area contributed by atoms with Gasteiger partial charge in [-0.05, 0) is 35.4 Å². The number of amidine groups is 1. The van der Waals surface area contributed by atoms with Crippen molar-refractivity contribution >= 4 is 28.7 Å². The van der Waals surface area contributed by atoms with Gasteiger partial charge >= 0.3 is 0 Å². The molecule has 0 aliphatic carbocycles. The van der Waals surface area contributed by atoms with Crippen molar-refractivity contribution in [3.8, 4) is 18.2 Å². The lowest BCUT2D eigenvalue weighted by atomic mass is 9.89. The molecule has 0 atom stereocenters. The van der Waals surface area contributed by atoms with Gasteiger partial charge in [0.05, 0.1) is 11.3 Å². The number of nitriles is 3. The third-order valence-corrected chi connectivity index (χ3v) is 4.46. The van der Waals surface area contributed by atoms with E-state index in [1.54, 1.807) is 48.5 Å². The van der Waals surface area contributed by atoms with Crippen molar-refractivity contribution < 1.29 is 0 Å². The van der Waals surface area contributed by atoms with Gasteiger partial charge < -0.3 is 0 Å². The van der Waals surface area contributed by atoms with E-state index in [-0.39, 0.29) is 23.4 Å². The fraction of sp³-hybridized carbons (Fsp3) is 0.0476. The molecule has 0 unspecified atom stereocenters. The minimum absolute atomic E-state index is 0.0714. The largest absolute Gasteiger partial charge is 0.296 e. The number of halogens is 1. The number of rotatable bonds is 2. The predicted octanol–water partition coefficient (Wildman–Crippen LogP) is 4.81. The van der Waals surface area contributed by atoms with Crippen LogP contribution in [0.1, 0.15) is 12.0 Å². The van der Waals surface area contributed by atoms with Gasteiger partial charge in [-0.2, -0.15) is 15.8 Å². The maximum Gasteiger partial charge on any atom is 0.149 e. The summed E-state index contributed by atoms with van der Waals surface area (Å²) in [6, 6.07) is 21.8. The fourth-order valence-electron chi connectivity index (χ4n) is 2.96. The number of hydrogen-bond donors (Lipinski definition) is 1. The Morgan fingerprint density at radius 2 is 1.59 bits per heavy atom.